The van der Waals surface area contributed by atoms with Gasteiger partial charge in [0.05, 0.1) is 15.8 Å². The van der Waals surface area contributed by atoms with Crippen molar-refractivity contribution in [2.45, 2.75) is 29.7 Å². The van der Waals surface area contributed by atoms with E-state index < -0.39 is 20.0 Å². The molecule has 134 valence electrons. The largest absolute Gasteiger partial charge is 0.243 e. The maximum atomic E-state index is 12.5. The molecule has 2 atom stereocenters. The van der Waals surface area contributed by atoms with E-state index >= 15 is 0 Å². The molecule has 0 radical (unpaired) electrons. The fourth-order valence-corrected chi connectivity index (χ4v) is 5.13. The van der Waals surface area contributed by atoms with Crippen molar-refractivity contribution >= 4 is 20.0 Å². The summed E-state index contributed by atoms with van der Waals surface area (Å²) in [6, 6.07) is 12.8. The molecule has 0 spiro atoms. The highest BCUT2D eigenvalue weighted by atomic mass is 32.2. The first kappa shape index (κ1) is 18.1. The number of benzene rings is 2. The van der Waals surface area contributed by atoms with Crippen molar-refractivity contribution < 1.29 is 16.8 Å². The van der Waals surface area contributed by atoms with Gasteiger partial charge in [-0.2, -0.15) is 4.31 Å². The molecule has 1 saturated heterocycles. The third-order valence-corrected chi connectivity index (χ3v) is 7.50. The zero-order chi connectivity index (χ0) is 18.2. The monoisotopic (exact) mass is 380 g/mol. The molecular formula is C17H20N2O4S2. The van der Waals surface area contributed by atoms with Crippen LogP contribution in [0.25, 0.3) is 0 Å². The minimum Gasteiger partial charge on any atom is -0.209 e. The van der Waals surface area contributed by atoms with E-state index in [0.717, 1.165) is 11.1 Å². The lowest BCUT2D eigenvalue weighted by molar-refractivity contribution is 0.546. The Morgan fingerprint density at radius 2 is 1.36 bits per heavy atom. The molecule has 6 nitrogen and oxygen atoms in total. The van der Waals surface area contributed by atoms with Crippen molar-refractivity contribution in [2.75, 3.05) is 13.1 Å². The smallest absolute Gasteiger partial charge is 0.209 e. The summed E-state index contributed by atoms with van der Waals surface area (Å²) in [5, 5.41) is 0. The van der Waals surface area contributed by atoms with Crippen LogP contribution >= 0.6 is 0 Å². The molecule has 2 unspecified atom stereocenters. The Morgan fingerprint density at radius 1 is 0.880 bits per heavy atom. The Balaban J connectivity index is 1.64. The topological polar surface area (TPSA) is 83.3 Å². The molecule has 0 bridgehead atoms. The molecule has 1 heterocycles. The van der Waals surface area contributed by atoms with Crippen LogP contribution in [-0.4, -0.2) is 40.3 Å². The maximum Gasteiger partial charge on any atom is 0.243 e. The van der Waals surface area contributed by atoms with Crippen molar-refractivity contribution in [3.8, 4) is 0 Å². The fraction of sp³-hybridized carbons (Fsp3) is 0.294. The first-order valence-corrected chi connectivity index (χ1v) is 10.8. The average Bonchev–Trinajstić information content (AvgIpc) is 3.34. The SMILES string of the molecule is Cc1ccc(S(=O)(=O)NCC2CN2S(=O)(=O)c2ccc(C)cc2)cc1. The van der Waals surface area contributed by atoms with Gasteiger partial charge in [0, 0.05) is 13.1 Å². The van der Waals surface area contributed by atoms with Crippen LogP contribution < -0.4 is 4.72 Å². The Labute approximate surface area is 148 Å². The summed E-state index contributed by atoms with van der Waals surface area (Å²) >= 11 is 0. The van der Waals surface area contributed by atoms with Crippen molar-refractivity contribution in [3.63, 3.8) is 0 Å². The van der Waals surface area contributed by atoms with Crippen LogP contribution in [0.3, 0.4) is 0 Å². The number of sulfonamides is 2. The first-order valence-electron chi connectivity index (χ1n) is 7.85. The van der Waals surface area contributed by atoms with E-state index in [4.69, 9.17) is 0 Å². The molecular weight excluding hydrogens is 360 g/mol. The summed E-state index contributed by atoms with van der Waals surface area (Å²) in [5.41, 5.74) is 1.95. The minimum absolute atomic E-state index is 0.0568. The molecule has 1 fully saturated rings. The number of nitrogens with one attached hydrogen (secondary N) is 1. The van der Waals surface area contributed by atoms with Crippen LogP contribution in [0.5, 0.6) is 0 Å². The Kier molecular flexibility index (Phi) is 4.72. The first-order chi connectivity index (χ1) is 11.7. The van der Waals surface area contributed by atoms with Gasteiger partial charge in [-0.25, -0.2) is 21.6 Å². The number of nitrogens with zero attached hydrogens (tertiary/aromatic N) is 1. The molecule has 0 saturated carbocycles. The second-order valence-electron chi connectivity index (χ2n) is 6.21. The summed E-state index contributed by atoms with van der Waals surface area (Å²) in [6.07, 6.45) is 0. The zero-order valence-electron chi connectivity index (χ0n) is 14.0. The normalized spacial score (nSPS) is 20.4. The molecule has 1 aliphatic heterocycles. The molecule has 2 aromatic carbocycles. The predicted octanol–water partition coefficient (Wildman–Crippen LogP) is 1.65. The highest BCUT2D eigenvalue weighted by Gasteiger charge is 2.44. The maximum absolute atomic E-state index is 12.5. The molecule has 8 heteroatoms. The number of hydrogen-bond acceptors (Lipinski definition) is 4. The van der Waals surface area contributed by atoms with Gasteiger partial charge in [-0.1, -0.05) is 35.4 Å². The van der Waals surface area contributed by atoms with E-state index in [0.29, 0.717) is 6.54 Å². The van der Waals surface area contributed by atoms with Gasteiger partial charge in [-0.3, -0.25) is 0 Å². The molecule has 25 heavy (non-hydrogen) atoms. The van der Waals surface area contributed by atoms with E-state index in [1.54, 1.807) is 36.4 Å². The minimum atomic E-state index is -3.64. The van der Waals surface area contributed by atoms with Gasteiger partial charge in [0.25, 0.3) is 0 Å². The highest BCUT2D eigenvalue weighted by Crippen LogP contribution is 2.28. The summed E-state index contributed by atoms with van der Waals surface area (Å²) in [5.74, 6) is 0. The second-order valence-corrected chi connectivity index (χ2v) is 9.86. The Morgan fingerprint density at radius 3 is 1.88 bits per heavy atom. The Bertz CT molecular complexity index is 966. The lowest BCUT2D eigenvalue weighted by Gasteiger charge is -2.09. The van der Waals surface area contributed by atoms with Gasteiger partial charge in [-0.15, -0.1) is 0 Å². The van der Waals surface area contributed by atoms with Crippen molar-refractivity contribution in [3.05, 3.63) is 59.7 Å². The van der Waals surface area contributed by atoms with E-state index in [1.165, 1.54) is 16.4 Å². The lowest BCUT2D eigenvalue weighted by atomic mass is 10.2. The van der Waals surface area contributed by atoms with Gasteiger partial charge < -0.3 is 0 Å². The van der Waals surface area contributed by atoms with Crippen LogP contribution in [0.15, 0.2) is 58.3 Å². The van der Waals surface area contributed by atoms with E-state index in [1.807, 2.05) is 13.8 Å². The third kappa shape index (κ3) is 3.92. The number of rotatable bonds is 6. The van der Waals surface area contributed by atoms with Crippen LogP contribution in [-0.2, 0) is 20.0 Å². The van der Waals surface area contributed by atoms with Gasteiger partial charge in [0.2, 0.25) is 20.0 Å². The molecule has 2 aromatic rings. The molecule has 0 aliphatic carbocycles. The summed E-state index contributed by atoms with van der Waals surface area (Å²) in [6.45, 7) is 4.13. The number of hydrogen-bond donors (Lipinski definition) is 1. The van der Waals surface area contributed by atoms with E-state index in [9.17, 15) is 16.8 Å². The van der Waals surface area contributed by atoms with Crippen molar-refractivity contribution in [2.24, 2.45) is 0 Å². The van der Waals surface area contributed by atoms with Gasteiger partial charge in [0.1, 0.15) is 0 Å². The molecule has 0 amide bonds. The van der Waals surface area contributed by atoms with E-state index in [2.05, 4.69) is 4.72 Å². The predicted molar refractivity (Wildman–Crippen MR) is 95.2 cm³/mol. The molecule has 1 aliphatic rings. The second kappa shape index (κ2) is 6.53. The summed E-state index contributed by atoms with van der Waals surface area (Å²) < 4.78 is 53.3. The zero-order valence-corrected chi connectivity index (χ0v) is 15.6. The number of aryl methyl sites for hydroxylation is 2. The fourth-order valence-electron chi connectivity index (χ4n) is 2.47. The van der Waals surface area contributed by atoms with Gasteiger partial charge >= 0.3 is 0 Å². The van der Waals surface area contributed by atoms with Crippen molar-refractivity contribution in [1.82, 2.24) is 9.03 Å². The van der Waals surface area contributed by atoms with Gasteiger partial charge in [-0.05, 0) is 38.1 Å². The average molecular weight is 380 g/mol. The van der Waals surface area contributed by atoms with Crippen LogP contribution in [0, 0.1) is 13.8 Å². The molecule has 0 aromatic heterocycles. The Hall–Kier alpha value is -1.74. The molecule has 3 rings (SSSR count). The molecule has 1 N–H and O–H groups in total. The standard InChI is InChI=1S/C17H20N2O4S2/c1-13-3-7-16(8-4-13)24(20,21)18-11-15-12-19(15)25(22,23)17-9-5-14(2)6-10-17/h3-10,15,18H,11-12H2,1-2H3. The lowest BCUT2D eigenvalue weighted by Crippen LogP contribution is -2.30. The van der Waals surface area contributed by atoms with Crippen LogP contribution in [0.4, 0.5) is 0 Å². The van der Waals surface area contributed by atoms with Crippen LogP contribution in [0.1, 0.15) is 11.1 Å². The van der Waals surface area contributed by atoms with E-state index in [-0.39, 0.29) is 22.4 Å². The quantitative estimate of drug-likeness (QED) is 0.773. The summed E-state index contributed by atoms with van der Waals surface area (Å²) in [7, 11) is -7.21. The van der Waals surface area contributed by atoms with Gasteiger partial charge in [0.15, 0.2) is 0 Å². The van der Waals surface area contributed by atoms with Crippen LogP contribution in [0.2, 0.25) is 0 Å². The highest BCUT2D eigenvalue weighted by molar-refractivity contribution is 7.89. The van der Waals surface area contributed by atoms with Crippen molar-refractivity contribution in [1.29, 1.82) is 0 Å². The third-order valence-electron chi connectivity index (χ3n) is 4.13. The summed E-state index contributed by atoms with van der Waals surface area (Å²) in [4.78, 5) is 0.397.